The van der Waals surface area contributed by atoms with Crippen LogP contribution in [-0.2, 0) is 24.3 Å². The Labute approximate surface area is 204 Å². The van der Waals surface area contributed by atoms with Crippen molar-refractivity contribution in [3.8, 4) is 5.75 Å². The molecule has 182 valence electrons. The van der Waals surface area contributed by atoms with E-state index < -0.39 is 28.4 Å². The van der Waals surface area contributed by atoms with Gasteiger partial charge in [-0.05, 0) is 54.4 Å². The van der Waals surface area contributed by atoms with E-state index in [4.69, 9.17) is 4.74 Å². The molecule has 0 aliphatic rings. The minimum Gasteiger partial charge on any atom is -0.482 e. The predicted molar refractivity (Wildman–Crippen MR) is 132 cm³/mol. The van der Waals surface area contributed by atoms with Gasteiger partial charge in [0.1, 0.15) is 12.3 Å². The molecule has 0 fully saturated rings. The Hall–Kier alpha value is -4.18. The highest BCUT2D eigenvalue weighted by Gasteiger charge is 2.27. The third-order valence-electron chi connectivity index (χ3n) is 4.75. The van der Waals surface area contributed by atoms with E-state index in [-0.39, 0.29) is 11.5 Å². The third kappa shape index (κ3) is 7.15. The van der Waals surface area contributed by atoms with Crippen LogP contribution in [0, 0.1) is 6.92 Å². The van der Waals surface area contributed by atoms with Gasteiger partial charge in [-0.3, -0.25) is 9.10 Å². The van der Waals surface area contributed by atoms with Crippen molar-refractivity contribution in [3.63, 3.8) is 0 Å². The van der Waals surface area contributed by atoms with Crippen molar-refractivity contribution in [2.45, 2.75) is 11.8 Å². The summed E-state index contributed by atoms with van der Waals surface area (Å²) >= 11 is 0. The van der Waals surface area contributed by atoms with Crippen LogP contribution in [0.1, 0.15) is 11.1 Å². The molecule has 10 heteroatoms. The molecule has 3 aromatic carbocycles. The lowest BCUT2D eigenvalue weighted by atomic mass is 10.2. The van der Waals surface area contributed by atoms with Gasteiger partial charge in [0.05, 0.1) is 23.9 Å². The first kappa shape index (κ1) is 25.4. The number of esters is 1. The molecular weight excluding hydrogens is 470 g/mol. The van der Waals surface area contributed by atoms with Crippen molar-refractivity contribution in [1.29, 1.82) is 0 Å². The molecule has 0 bridgehead atoms. The Morgan fingerprint density at radius 3 is 2.46 bits per heavy atom. The zero-order valence-electron chi connectivity index (χ0n) is 19.2. The van der Waals surface area contributed by atoms with Gasteiger partial charge in [-0.2, -0.15) is 5.10 Å². The number of anilines is 1. The van der Waals surface area contributed by atoms with Gasteiger partial charge in [0.25, 0.3) is 15.9 Å². The van der Waals surface area contributed by atoms with Crippen molar-refractivity contribution >= 4 is 33.8 Å². The van der Waals surface area contributed by atoms with Crippen LogP contribution in [0.25, 0.3) is 0 Å². The van der Waals surface area contributed by atoms with E-state index in [0.717, 1.165) is 9.87 Å². The quantitative estimate of drug-likeness (QED) is 0.263. The number of carbonyl (C=O) groups is 2. The van der Waals surface area contributed by atoms with Gasteiger partial charge in [0, 0.05) is 0 Å². The van der Waals surface area contributed by atoms with Crippen LogP contribution in [0.4, 0.5) is 5.69 Å². The van der Waals surface area contributed by atoms with Gasteiger partial charge in [-0.25, -0.2) is 18.6 Å². The van der Waals surface area contributed by atoms with Crippen LogP contribution >= 0.6 is 0 Å². The summed E-state index contributed by atoms with van der Waals surface area (Å²) < 4.78 is 37.5. The van der Waals surface area contributed by atoms with Crippen LogP contribution in [-0.4, -0.2) is 46.8 Å². The van der Waals surface area contributed by atoms with Crippen LogP contribution in [0.3, 0.4) is 0 Å². The fourth-order valence-corrected chi connectivity index (χ4v) is 4.48. The van der Waals surface area contributed by atoms with Gasteiger partial charge in [0.15, 0.2) is 6.61 Å². The van der Waals surface area contributed by atoms with E-state index >= 15 is 0 Å². The summed E-state index contributed by atoms with van der Waals surface area (Å²) in [6, 6.07) is 21.5. The number of hydrazone groups is 1. The van der Waals surface area contributed by atoms with Crippen molar-refractivity contribution in [2.24, 2.45) is 5.10 Å². The molecule has 0 heterocycles. The maximum atomic E-state index is 13.3. The lowest BCUT2D eigenvalue weighted by molar-refractivity contribution is -0.142. The monoisotopic (exact) mass is 495 g/mol. The van der Waals surface area contributed by atoms with Crippen LogP contribution in [0.2, 0.25) is 0 Å². The molecular formula is C25H25N3O6S. The Bertz CT molecular complexity index is 1310. The molecule has 0 unspecified atom stereocenters. The molecule has 0 radical (unpaired) electrons. The average molecular weight is 496 g/mol. The number of carbonyl (C=O) groups excluding carboxylic acids is 2. The van der Waals surface area contributed by atoms with Crippen molar-refractivity contribution < 1.29 is 27.5 Å². The van der Waals surface area contributed by atoms with Crippen molar-refractivity contribution in [2.75, 3.05) is 24.6 Å². The molecule has 0 saturated heterocycles. The highest BCUT2D eigenvalue weighted by Crippen LogP contribution is 2.24. The summed E-state index contributed by atoms with van der Waals surface area (Å²) in [6.45, 7) is 1.13. The van der Waals surface area contributed by atoms with Crippen molar-refractivity contribution in [1.82, 2.24) is 5.43 Å². The largest absolute Gasteiger partial charge is 0.482 e. The first-order valence-electron chi connectivity index (χ1n) is 10.6. The highest BCUT2D eigenvalue weighted by atomic mass is 32.2. The zero-order chi connectivity index (χ0) is 25.3. The Morgan fingerprint density at radius 2 is 1.74 bits per heavy atom. The number of aryl methyl sites for hydroxylation is 1. The molecule has 0 spiro atoms. The maximum absolute atomic E-state index is 13.3. The fourth-order valence-electron chi connectivity index (χ4n) is 3.05. The maximum Gasteiger partial charge on any atom is 0.343 e. The molecule has 0 saturated carbocycles. The number of ether oxygens (including phenoxy) is 2. The molecule has 0 atom stereocenters. The first-order valence-corrected chi connectivity index (χ1v) is 12.0. The van der Waals surface area contributed by atoms with Crippen LogP contribution < -0.4 is 14.5 Å². The molecule has 3 aromatic rings. The second-order valence-corrected chi connectivity index (χ2v) is 9.26. The Balaban J connectivity index is 1.73. The lowest BCUT2D eigenvalue weighted by Gasteiger charge is -2.24. The molecule has 35 heavy (non-hydrogen) atoms. The number of methoxy groups -OCH3 is 1. The number of hydrogen-bond acceptors (Lipinski definition) is 7. The summed E-state index contributed by atoms with van der Waals surface area (Å²) in [5.74, 6) is -0.717. The van der Waals surface area contributed by atoms with E-state index in [1.54, 1.807) is 60.7 Å². The zero-order valence-corrected chi connectivity index (χ0v) is 20.1. The van der Waals surface area contributed by atoms with Gasteiger partial charge >= 0.3 is 5.97 Å². The van der Waals surface area contributed by atoms with Gasteiger partial charge < -0.3 is 9.47 Å². The molecule has 3 rings (SSSR count). The van der Waals surface area contributed by atoms with Crippen LogP contribution in [0.15, 0.2) is 88.9 Å². The van der Waals surface area contributed by atoms with Crippen molar-refractivity contribution in [3.05, 3.63) is 90.0 Å². The first-order chi connectivity index (χ1) is 16.8. The second-order valence-electron chi connectivity index (χ2n) is 7.39. The van der Waals surface area contributed by atoms with Gasteiger partial charge in [-0.15, -0.1) is 0 Å². The third-order valence-corrected chi connectivity index (χ3v) is 6.54. The van der Waals surface area contributed by atoms with E-state index in [0.29, 0.717) is 17.0 Å². The number of benzene rings is 3. The number of rotatable bonds is 10. The average Bonchev–Trinajstić information content (AvgIpc) is 2.86. The van der Waals surface area contributed by atoms with E-state index in [1.807, 2.05) is 13.0 Å². The van der Waals surface area contributed by atoms with E-state index in [1.165, 1.54) is 25.5 Å². The van der Waals surface area contributed by atoms with Gasteiger partial charge in [-0.1, -0.05) is 42.5 Å². The minimum absolute atomic E-state index is 0.0709. The van der Waals surface area contributed by atoms with E-state index in [9.17, 15) is 18.0 Å². The number of nitrogens with zero attached hydrogens (tertiary/aromatic N) is 2. The summed E-state index contributed by atoms with van der Waals surface area (Å²) in [7, 11) is -2.73. The summed E-state index contributed by atoms with van der Waals surface area (Å²) in [5.41, 5.74) is 4.17. The Morgan fingerprint density at radius 1 is 1.00 bits per heavy atom. The molecule has 0 aliphatic carbocycles. The molecule has 1 amide bonds. The number of sulfonamides is 1. The molecule has 0 aromatic heterocycles. The second kappa shape index (κ2) is 11.8. The summed E-state index contributed by atoms with van der Waals surface area (Å²) in [6.07, 6.45) is 1.38. The highest BCUT2D eigenvalue weighted by molar-refractivity contribution is 7.92. The predicted octanol–water partition coefficient (Wildman–Crippen LogP) is 2.89. The number of amides is 1. The normalized spacial score (nSPS) is 11.1. The minimum atomic E-state index is -4.00. The Kier molecular flexibility index (Phi) is 8.58. The van der Waals surface area contributed by atoms with Gasteiger partial charge in [0.2, 0.25) is 0 Å². The fraction of sp³-hybridized carbons (Fsp3) is 0.160. The molecule has 1 N–H and O–H groups in total. The smallest absolute Gasteiger partial charge is 0.343 e. The molecule has 9 nitrogen and oxygen atoms in total. The summed E-state index contributed by atoms with van der Waals surface area (Å²) in [4.78, 5) is 23.9. The SMILES string of the molecule is COC(=O)COc1cccc(/C=N\NC(=O)CN(c2cccc(C)c2)S(=O)(=O)c2ccccc2)c1. The lowest BCUT2D eigenvalue weighted by Crippen LogP contribution is -2.39. The topological polar surface area (TPSA) is 114 Å². The van der Waals surface area contributed by atoms with Crippen LogP contribution in [0.5, 0.6) is 5.75 Å². The molecule has 0 aliphatic heterocycles. The summed E-state index contributed by atoms with van der Waals surface area (Å²) in [5, 5.41) is 3.92. The number of hydrogen-bond donors (Lipinski definition) is 1. The van der Waals surface area contributed by atoms with E-state index in [2.05, 4.69) is 15.3 Å². The standard InChI is InChI=1S/C25H25N3O6S/c1-19-8-6-10-21(14-19)28(35(31,32)23-12-4-3-5-13-23)17-24(29)27-26-16-20-9-7-11-22(15-20)34-18-25(30)33-2/h3-16H,17-18H2,1-2H3,(H,27,29)/b26-16-. The number of nitrogens with one attached hydrogen (secondary N) is 1.